The van der Waals surface area contributed by atoms with Crippen molar-refractivity contribution >= 4 is 17.6 Å². The molecule has 2 aromatic heterocycles. The molecule has 0 unspecified atom stereocenters. The Labute approximate surface area is 101 Å². The third kappa shape index (κ3) is 2.34. The van der Waals surface area contributed by atoms with E-state index in [2.05, 4.69) is 15.3 Å². The summed E-state index contributed by atoms with van der Waals surface area (Å²) in [4.78, 5) is 30.0. The van der Waals surface area contributed by atoms with E-state index in [4.69, 9.17) is 9.52 Å². The fourth-order valence-electron chi connectivity index (χ4n) is 1.33. The summed E-state index contributed by atoms with van der Waals surface area (Å²) < 4.78 is 4.92. The molecular formula is C11H9N3O4. The third-order valence-corrected chi connectivity index (χ3v) is 2.19. The van der Waals surface area contributed by atoms with E-state index in [0.29, 0.717) is 5.69 Å². The van der Waals surface area contributed by atoms with Crippen LogP contribution in [0.25, 0.3) is 0 Å². The number of hydrogen-bond acceptors (Lipinski definition) is 5. The highest BCUT2D eigenvalue weighted by molar-refractivity contribution is 6.03. The Morgan fingerprint density at radius 3 is 2.78 bits per heavy atom. The summed E-state index contributed by atoms with van der Waals surface area (Å²) in [7, 11) is 0. The van der Waals surface area contributed by atoms with Gasteiger partial charge in [0.05, 0.1) is 23.1 Å². The monoisotopic (exact) mass is 247 g/mol. The Morgan fingerprint density at radius 1 is 1.39 bits per heavy atom. The van der Waals surface area contributed by atoms with Gasteiger partial charge in [-0.3, -0.25) is 9.78 Å². The highest BCUT2D eigenvalue weighted by atomic mass is 16.4. The first-order chi connectivity index (χ1) is 8.58. The number of carbonyl (C=O) groups is 2. The van der Waals surface area contributed by atoms with Crippen molar-refractivity contribution in [1.82, 2.24) is 9.97 Å². The van der Waals surface area contributed by atoms with Crippen LogP contribution in [0.1, 0.15) is 26.6 Å². The Hall–Kier alpha value is -2.70. The number of nitrogens with one attached hydrogen (secondary N) is 1. The summed E-state index contributed by atoms with van der Waals surface area (Å²) in [5.41, 5.74) is 0.715. The minimum atomic E-state index is -1.12. The largest absolute Gasteiger partial charge is 0.478 e. The van der Waals surface area contributed by atoms with Gasteiger partial charge < -0.3 is 14.8 Å². The van der Waals surface area contributed by atoms with Crippen molar-refractivity contribution in [1.29, 1.82) is 0 Å². The molecule has 0 aliphatic rings. The molecule has 2 rings (SSSR count). The number of rotatable bonds is 3. The van der Waals surface area contributed by atoms with Gasteiger partial charge in [0.25, 0.3) is 5.91 Å². The van der Waals surface area contributed by atoms with Gasteiger partial charge in [0, 0.05) is 6.20 Å². The number of pyridine rings is 1. The Kier molecular flexibility index (Phi) is 3.05. The second kappa shape index (κ2) is 4.66. The van der Waals surface area contributed by atoms with Crippen LogP contribution in [0.3, 0.4) is 0 Å². The average molecular weight is 247 g/mol. The number of aryl methyl sites for hydroxylation is 1. The van der Waals surface area contributed by atoms with Crippen molar-refractivity contribution in [3.63, 3.8) is 0 Å². The maximum atomic E-state index is 11.8. The minimum absolute atomic E-state index is 0.0120. The number of carboxylic acid groups (broad SMARTS) is 1. The predicted molar refractivity (Wildman–Crippen MR) is 60.4 cm³/mol. The summed E-state index contributed by atoms with van der Waals surface area (Å²) in [5.74, 6) is -1.54. The highest BCUT2D eigenvalue weighted by Crippen LogP contribution is 2.12. The normalized spacial score (nSPS) is 10.1. The van der Waals surface area contributed by atoms with Gasteiger partial charge >= 0.3 is 5.97 Å². The number of carboxylic acids is 1. The van der Waals surface area contributed by atoms with Crippen LogP contribution in [-0.2, 0) is 0 Å². The molecule has 0 aliphatic carbocycles. The molecule has 7 heteroatoms. The maximum Gasteiger partial charge on any atom is 0.337 e. The lowest BCUT2D eigenvalue weighted by Crippen LogP contribution is -2.13. The van der Waals surface area contributed by atoms with Crippen molar-refractivity contribution in [2.24, 2.45) is 0 Å². The molecule has 0 spiro atoms. The van der Waals surface area contributed by atoms with Gasteiger partial charge in [0.15, 0.2) is 6.39 Å². The SMILES string of the molecule is Cc1ncoc1C(=O)Nc1cncc(C(=O)O)c1. The van der Waals surface area contributed by atoms with Crippen molar-refractivity contribution in [3.05, 3.63) is 41.9 Å². The topological polar surface area (TPSA) is 105 Å². The number of anilines is 1. The van der Waals surface area contributed by atoms with Crippen molar-refractivity contribution in [3.8, 4) is 0 Å². The first-order valence-electron chi connectivity index (χ1n) is 4.97. The van der Waals surface area contributed by atoms with Gasteiger partial charge in [0.2, 0.25) is 5.76 Å². The average Bonchev–Trinajstić information content (AvgIpc) is 2.76. The number of hydrogen-bond donors (Lipinski definition) is 2. The van der Waals surface area contributed by atoms with Crippen LogP contribution in [0.4, 0.5) is 5.69 Å². The van der Waals surface area contributed by atoms with Crippen LogP contribution in [0.5, 0.6) is 0 Å². The number of amides is 1. The zero-order chi connectivity index (χ0) is 13.1. The molecule has 0 atom stereocenters. The Bertz CT molecular complexity index is 606. The number of carbonyl (C=O) groups excluding carboxylic acids is 1. The van der Waals surface area contributed by atoms with Crippen LogP contribution < -0.4 is 5.32 Å². The van der Waals surface area contributed by atoms with Crippen LogP contribution in [-0.4, -0.2) is 27.0 Å². The second-order valence-electron chi connectivity index (χ2n) is 3.49. The van der Waals surface area contributed by atoms with E-state index in [1.54, 1.807) is 6.92 Å². The Balaban J connectivity index is 2.20. The van der Waals surface area contributed by atoms with Crippen LogP contribution in [0, 0.1) is 6.92 Å². The van der Waals surface area contributed by atoms with E-state index < -0.39 is 11.9 Å². The molecule has 18 heavy (non-hydrogen) atoms. The molecule has 0 bridgehead atoms. The smallest absolute Gasteiger partial charge is 0.337 e. The van der Waals surface area contributed by atoms with Crippen LogP contribution >= 0.6 is 0 Å². The molecule has 92 valence electrons. The third-order valence-electron chi connectivity index (χ3n) is 2.19. The number of oxazole rings is 1. The van der Waals surface area contributed by atoms with Crippen LogP contribution in [0.15, 0.2) is 29.3 Å². The lowest BCUT2D eigenvalue weighted by atomic mass is 10.2. The number of aromatic nitrogens is 2. The molecule has 0 fully saturated rings. The molecule has 1 amide bonds. The molecule has 7 nitrogen and oxygen atoms in total. The number of nitrogens with zero attached hydrogens (tertiary/aromatic N) is 2. The quantitative estimate of drug-likeness (QED) is 0.847. The lowest BCUT2D eigenvalue weighted by Gasteiger charge is -2.03. The van der Waals surface area contributed by atoms with Crippen molar-refractivity contribution in [2.75, 3.05) is 5.32 Å². The van der Waals surface area contributed by atoms with Crippen LogP contribution in [0.2, 0.25) is 0 Å². The zero-order valence-corrected chi connectivity index (χ0v) is 9.38. The standard InChI is InChI=1S/C11H9N3O4/c1-6-9(18-5-13-6)10(15)14-8-2-7(11(16)17)3-12-4-8/h2-5H,1H3,(H,14,15)(H,16,17). The van der Waals surface area contributed by atoms with Gasteiger partial charge in [-0.15, -0.1) is 0 Å². The van der Waals surface area contributed by atoms with E-state index in [1.165, 1.54) is 18.5 Å². The fraction of sp³-hybridized carbons (Fsp3) is 0.0909. The summed E-state index contributed by atoms with van der Waals surface area (Å²) >= 11 is 0. The molecule has 0 aromatic carbocycles. The summed E-state index contributed by atoms with van der Waals surface area (Å²) in [6.07, 6.45) is 3.70. The zero-order valence-electron chi connectivity index (χ0n) is 9.38. The predicted octanol–water partition coefficient (Wildman–Crippen LogP) is 1.33. The summed E-state index contributed by atoms with van der Waals surface area (Å²) in [6.45, 7) is 1.63. The maximum absolute atomic E-state index is 11.8. The molecular weight excluding hydrogens is 238 g/mol. The van der Waals surface area contributed by atoms with Gasteiger partial charge in [-0.05, 0) is 13.0 Å². The van der Waals surface area contributed by atoms with Crippen molar-refractivity contribution in [2.45, 2.75) is 6.92 Å². The van der Waals surface area contributed by atoms with E-state index in [0.717, 1.165) is 6.39 Å². The molecule has 0 aliphatic heterocycles. The summed E-state index contributed by atoms with van der Waals surface area (Å²) in [6, 6.07) is 1.30. The lowest BCUT2D eigenvalue weighted by molar-refractivity contribution is 0.0696. The highest BCUT2D eigenvalue weighted by Gasteiger charge is 2.14. The number of aromatic carboxylic acids is 1. The fourth-order valence-corrected chi connectivity index (χ4v) is 1.33. The molecule has 0 saturated heterocycles. The first kappa shape index (κ1) is 11.8. The minimum Gasteiger partial charge on any atom is -0.478 e. The molecule has 2 heterocycles. The van der Waals surface area contributed by atoms with Gasteiger partial charge in [0.1, 0.15) is 0 Å². The van der Waals surface area contributed by atoms with E-state index >= 15 is 0 Å². The van der Waals surface area contributed by atoms with Gasteiger partial charge in [-0.2, -0.15) is 0 Å². The molecule has 0 saturated carbocycles. The molecule has 0 radical (unpaired) electrons. The Morgan fingerprint density at radius 2 is 2.17 bits per heavy atom. The molecule has 2 N–H and O–H groups in total. The van der Waals surface area contributed by atoms with E-state index in [-0.39, 0.29) is 17.0 Å². The first-order valence-corrected chi connectivity index (χ1v) is 4.97. The van der Waals surface area contributed by atoms with E-state index in [9.17, 15) is 9.59 Å². The van der Waals surface area contributed by atoms with Gasteiger partial charge in [-0.1, -0.05) is 0 Å². The molecule has 2 aromatic rings. The van der Waals surface area contributed by atoms with Crippen molar-refractivity contribution < 1.29 is 19.1 Å². The van der Waals surface area contributed by atoms with Gasteiger partial charge in [-0.25, -0.2) is 9.78 Å². The second-order valence-corrected chi connectivity index (χ2v) is 3.49. The van der Waals surface area contributed by atoms with E-state index in [1.807, 2.05) is 0 Å². The summed E-state index contributed by atoms with van der Waals surface area (Å²) in [5, 5.41) is 11.3.